The highest BCUT2D eigenvalue weighted by molar-refractivity contribution is 7.79. The van der Waals surface area contributed by atoms with Crippen molar-refractivity contribution in [1.82, 2.24) is 0 Å². The topological polar surface area (TPSA) is 46.5 Å². The quantitative estimate of drug-likeness (QED) is 0.585. The maximum Gasteiger partial charge on any atom is 0.186 e. The number of terminal acetylenes is 1. The molecule has 0 aliphatic rings. The van der Waals surface area contributed by atoms with E-state index < -0.39 is 11.1 Å². The van der Waals surface area contributed by atoms with Crippen LogP contribution in [0.1, 0.15) is 0 Å². The highest BCUT2D eigenvalue weighted by Crippen LogP contribution is 2.13. The van der Waals surface area contributed by atoms with Crippen molar-refractivity contribution in [2.24, 2.45) is 0 Å². The molecule has 0 spiro atoms. The first-order valence-electron chi connectivity index (χ1n) is 3.51. The molecule has 0 aliphatic heterocycles. The Labute approximate surface area is 79.0 Å². The summed E-state index contributed by atoms with van der Waals surface area (Å²) in [6.45, 7) is 0.196. The molecule has 0 aliphatic carbocycles. The van der Waals surface area contributed by atoms with Gasteiger partial charge in [0.05, 0.1) is 4.90 Å². The Morgan fingerprint density at radius 1 is 1.46 bits per heavy atom. The van der Waals surface area contributed by atoms with Gasteiger partial charge in [-0.3, -0.25) is 0 Å². The molecule has 0 heterocycles. The van der Waals surface area contributed by atoms with Gasteiger partial charge in [-0.25, -0.2) is 4.21 Å². The lowest BCUT2D eigenvalue weighted by molar-refractivity contribution is 0.370. The second-order valence-corrected chi connectivity index (χ2v) is 3.18. The Hall–Kier alpha value is -1.31. The summed E-state index contributed by atoms with van der Waals surface area (Å²) in [5.74, 6) is 2.91. The number of benzene rings is 1. The van der Waals surface area contributed by atoms with Crippen molar-refractivity contribution in [1.29, 1.82) is 0 Å². The molecule has 0 saturated carbocycles. The summed E-state index contributed by atoms with van der Waals surface area (Å²) in [7, 11) is 0. The Morgan fingerprint density at radius 2 is 2.08 bits per heavy atom. The summed E-state index contributed by atoms with van der Waals surface area (Å²) in [6, 6.07) is 6.23. The molecule has 68 valence electrons. The van der Waals surface area contributed by atoms with Crippen molar-refractivity contribution in [2.45, 2.75) is 4.90 Å². The molecule has 1 unspecified atom stereocenters. The van der Waals surface area contributed by atoms with Gasteiger partial charge in [-0.2, -0.15) is 0 Å². The van der Waals surface area contributed by atoms with Crippen LogP contribution in [0.3, 0.4) is 0 Å². The van der Waals surface area contributed by atoms with Gasteiger partial charge in [-0.05, 0) is 24.3 Å². The van der Waals surface area contributed by atoms with Crippen LogP contribution in [0.2, 0.25) is 0 Å². The molecule has 1 aromatic rings. The molecule has 1 rings (SSSR count). The van der Waals surface area contributed by atoms with Crippen LogP contribution >= 0.6 is 0 Å². The first-order valence-corrected chi connectivity index (χ1v) is 4.62. The summed E-state index contributed by atoms with van der Waals surface area (Å²) in [4.78, 5) is 0.341. The first kappa shape index (κ1) is 9.78. The Kier molecular flexibility index (Phi) is 3.50. The molecule has 3 nitrogen and oxygen atoms in total. The summed E-state index contributed by atoms with van der Waals surface area (Å²) in [6.07, 6.45) is 4.99. The average molecular weight is 196 g/mol. The summed E-state index contributed by atoms with van der Waals surface area (Å²) in [5, 5.41) is 0. The number of rotatable bonds is 3. The predicted octanol–water partition coefficient (Wildman–Crippen LogP) is 1.28. The van der Waals surface area contributed by atoms with Crippen molar-refractivity contribution in [3.8, 4) is 18.1 Å². The first-order chi connectivity index (χ1) is 6.24. The van der Waals surface area contributed by atoms with E-state index in [1.165, 1.54) is 12.1 Å². The third-order valence-electron chi connectivity index (χ3n) is 1.35. The van der Waals surface area contributed by atoms with Gasteiger partial charge in [0.1, 0.15) is 12.4 Å². The zero-order valence-corrected chi connectivity index (χ0v) is 7.58. The second-order valence-electron chi connectivity index (χ2n) is 2.21. The normalized spacial score (nSPS) is 11.7. The monoisotopic (exact) mass is 196 g/mol. The van der Waals surface area contributed by atoms with Gasteiger partial charge in [-0.1, -0.05) is 5.92 Å². The van der Waals surface area contributed by atoms with E-state index in [1.807, 2.05) is 0 Å². The minimum Gasteiger partial charge on any atom is -0.481 e. The number of ether oxygens (including phenoxy) is 1. The van der Waals surface area contributed by atoms with Crippen LogP contribution in [0.25, 0.3) is 0 Å². The molecule has 4 heteroatoms. The van der Waals surface area contributed by atoms with Crippen LogP contribution < -0.4 is 4.74 Å². The van der Waals surface area contributed by atoms with Crippen molar-refractivity contribution in [3.63, 3.8) is 0 Å². The highest BCUT2D eigenvalue weighted by Gasteiger charge is 1.98. The molecular formula is C9H8O3S. The predicted molar refractivity (Wildman–Crippen MR) is 49.8 cm³/mol. The average Bonchev–Trinajstić information content (AvgIpc) is 2.15. The molecule has 0 amide bonds. The summed E-state index contributed by atoms with van der Waals surface area (Å²) < 4.78 is 24.3. The number of hydrogen-bond donors (Lipinski definition) is 1. The SMILES string of the molecule is C#CCOc1ccc(S(=O)O)cc1. The molecule has 0 aromatic heterocycles. The van der Waals surface area contributed by atoms with E-state index >= 15 is 0 Å². The fraction of sp³-hybridized carbons (Fsp3) is 0.111. The maximum absolute atomic E-state index is 10.6. The van der Waals surface area contributed by atoms with E-state index in [9.17, 15) is 4.21 Å². The van der Waals surface area contributed by atoms with Crippen LogP contribution in [0, 0.1) is 12.3 Å². The largest absolute Gasteiger partial charge is 0.481 e. The van der Waals surface area contributed by atoms with E-state index in [2.05, 4.69) is 5.92 Å². The van der Waals surface area contributed by atoms with Crippen LogP contribution in [0.5, 0.6) is 5.75 Å². The zero-order chi connectivity index (χ0) is 9.68. The van der Waals surface area contributed by atoms with Gasteiger partial charge >= 0.3 is 0 Å². The second kappa shape index (κ2) is 4.65. The van der Waals surface area contributed by atoms with Crippen molar-refractivity contribution < 1.29 is 13.5 Å². The van der Waals surface area contributed by atoms with E-state index in [0.717, 1.165) is 0 Å². The smallest absolute Gasteiger partial charge is 0.186 e. The third-order valence-corrected chi connectivity index (χ3v) is 2.02. The highest BCUT2D eigenvalue weighted by atomic mass is 32.2. The molecule has 0 saturated heterocycles. The molecule has 1 N–H and O–H groups in total. The molecule has 0 bridgehead atoms. The standard InChI is InChI=1S/C9H8O3S/c1-2-7-12-8-3-5-9(6-4-8)13(10)11/h1,3-6H,7H2,(H,10,11). The van der Waals surface area contributed by atoms with Crippen molar-refractivity contribution in [3.05, 3.63) is 24.3 Å². The van der Waals surface area contributed by atoms with E-state index in [-0.39, 0.29) is 6.61 Å². The van der Waals surface area contributed by atoms with Gasteiger partial charge in [0, 0.05) is 0 Å². The van der Waals surface area contributed by atoms with Gasteiger partial charge in [-0.15, -0.1) is 6.42 Å². The third kappa shape index (κ3) is 2.90. The van der Waals surface area contributed by atoms with Gasteiger partial charge in [0.25, 0.3) is 0 Å². The lowest BCUT2D eigenvalue weighted by atomic mass is 10.3. The number of hydrogen-bond acceptors (Lipinski definition) is 2. The zero-order valence-electron chi connectivity index (χ0n) is 6.77. The molecule has 1 aromatic carbocycles. The minimum absolute atomic E-state index is 0.196. The summed E-state index contributed by atoms with van der Waals surface area (Å²) in [5.41, 5.74) is 0. The molecule has 13 heavy (non-hydrogen) atoms. The lowest BCUT2D eigenvalue weighted by Gasteiger charge is -2.01. The van der Waals surface area contributed by atoms with Crippen LogP contribution in [-0.2, 0) is 11.1 Å². The lowest BCUT2D eigenvalue weighted by Crippen LogP contribution is -1.94. The van der Waals surface area contributed by atoms with Crippen LogP contribution in [0.4, 0.5) is 0 Å². The van der Waals surface area contributed by atoms with E-state index in [1.54, 1.807) is 12.1 Å². The maximum atomic E-state index is 10.6. The Balaban J connectivity index is 2.71. The summed E-state index contributed by atoms with van der Waals surface area (Å²) >= 11 is -1.94. The van der Waals surface area contributed by atoms with Gasteiger partial charge < -0.3 is 9.29 Å². The van der Waals surface area contributed by atoms with Crippen LogP contribution in [0.15, 0.2) is 29.2 Å². The minimum atomic E-state index is -1.94. The fourth-order valence-corrected chi connectivity index (χ4v) is 1.15. The molecule has 0 fully saturated rings. The van der Waals surface area contributed by atoms with E-state index in [0.29, 0.717) is 10.6 Å². The molecule has 0 radical (unpaired) electrons. The Bertz CT molecular complexity index is 337. The fourth-order valence-electron chi connectivity index (χ4n) is 0.777. The molecule has 1 atom stereocenters. The Morgan fingerprint density at radius 3 is 2.54 bits per heavy atom. The van der Waals surface area contributed by atoms with E-state index in [4.69, 9.17) is 15.7 Å². The van der Waals surface area contributed by atoms with Gasteiger partial charge in [0.2, 0.25) is 0 Å². The van der Waals surface area contributed by atoms with Crippen LogP contribution in [-0.4, -0.2) is 15.4 Å². The van der Waals surface area contributed by atoms with Crippen molar-refractivity contribution in [2.75, 3.05) is 6.61 Å². The molecular weight excluding hydrogens is 188 g/mol. The van der Waals surface area contributed by atoms with Crippen molar-refractivity contribution >= 4 is 11.1 Å². The van der Waals surface area contributed by atoms with Gasteiger partial charge in [0.15, 0.2) is 11.1 Å².